The van der Waals surface area contributed by atoms with Crippen LogP contribution in [-0.2, 0) is 24.3 Å². The first-order valence-electron chi connectivity index (χ1n) is 8.80. The molecule has 1 N–H and O–H groups in total. The quantitative estimate of drug-likeness (QED) is 0.679. The molecule has 1 atom stereocenters. The number of rotatable bonds is 5. The molecule has 0 radical (unpaired) electrons. The summed E-state index contributed by atoms with van der Waals surface area (Å²) in [5.74, 6) is -0.166. The lowest BCUT2D eigenvalue weighted by atomic mass is 10.1. The monoisotopic (exact) mass is 426 g/mol. The standard InChI is InChI=1S/C20H19BrN4O2/c21-16-5-3-15(4-6-16)19-12-25-17(13-27-19)10-18(24-25)20(26)23-9-7-14-2-1-8-22-11-14/h1-6,8,10-11,19H,7,9,12-13H2,(H,23,26)/t19-/m0/s1. The molecule has 0 spiro atoms. The Kier molecular flexibility index (Phi) is 5.31. The number of nitrogens with zero attached hydrogens (tertiary/aromatic N) is 3. The molecule has 1 aliphatic heterocycles. The lowest BCUT2D eigenvalue weighted by molar-refractivity contribution is -0.00120. The third-order valence-electron chi connectivity index (χ3n) is 4.53. The lowest BCUT2D eigenvalue weighted by Gasteiger charge is -2.24. The van der Waals surface area contributed by atoms with Crippen molar-refractivity contribution in [3.63, 3.8) is 0 Å². The Labute approximate surface area is 165 Å². The number of carbonyl (C=O) groups excluding carboxylic acids is 1. The second kappa shape index (κ2) is 8.02. The summed E-state index contributed by atoms with van der Waals surface area (Å²) in [5, 5.41) is 7.39. The highest BCUT2D eigenvalue weighted by molar-refractivity contribution is 9.10. The van der Waals surface area contributed by atoms with Gasteiger partial charge in [-0.2, -0.15) is 5.10 Å². The van der Waals surface area contributed by atoms with Crippen LogP contribution < -0.4 is 5.32 Å². The molecule has 7 heteroatoms. The van der Waals surface area contributed by atoms with Crippen molar-refractivity contribution in [1.82, 2.24) is 20.1 Å². The third kappa shape index (κ3) is 4.26. The van der Waals surface area contributed by atoms with E-state index in [1.54, 1.807) is 18.5 Å². The predicted octanol–water partition coefficient (Wildman–Crippen LogP) is 3.28. The molecule has 0 bridgehead atoms. The van der Waals surface area contributed by atoms with Crippen molar-refractivity contribution >= 4 is 21.8 Å². The SMILES string of the molecule is O=C(NCCc1cccnc1)c1cc2n(n1)C[C@@H](c1ccc(Br)cc1)OC2. The van der Waals surface area contributed by atoms with Crippen LogP contribution in [0, 0.1) is 0 Å². The van der Waals surface area contributed by atoms with Gasteiger partial charge in [-0.25, -0.2) is 0 Å². The summed E-state index contributed by atoms with van der Waals surface area (Å²) in [5.41, 5.74) is 3.53. The van der Waals surface area contributed by atoms with Crippen LogP contribution in [0.3, 0.4) is 0 Å². The van der Waals surface area contributed by atoms with E-state index >= 15 is 0 Å². The Morgan fingerprint density at radius 2 is 2.15 bits per heavy atom. The molecule has 2 aromatic heterocycles. The molecule has 27 heavy (non-hydrogen) atoms. The molecule has 3 heterocycles. The molecule has 0 fully saturated rings. The van der Waals surface area contributed by atoms with Crippen molar-refractivity contribution in [2.75, 3.05) is 6.54 Å². The zero-order chi connectivity index (χ0) is 18.6. The Balaban J connectivity index is 1.37. The minimum absolute atomic E-state index is 0.0630. The molecular weight excluding hydrogens is 408 g/mol. The van der Waals surface area contributed by atoms with E-state index in [0.717, 1.165) is 27.7 Å². The minimum Gasteiger partial charge on any atom is -0.365 e. The Morgan fingerprint density at radius 1 is 1.30 bits per heavy atom. The summed E-state index contributed by atoms with van der Waals surface area (Å²) in [7, 11) is 0. The van der Waals surface area contributed by atoms with Gasteiger partial charge in [-0.15, -0.1) is 0 Å². The fraction of sp³-hybridized carbons (Fsp3) is 0.250. The summed E-state index contributed by atoms with van der Waals surface area (Å²) >= 11 is 3.44. The zero-order valence-electron chi connectivity index (χ0n) is 14.6. The highest BCUT2D eigenvalue weighted by Crippen LogP contribution is 2.27. The van der Waals surface area contributed by atoms with Gasteiger partial charge >= 0.3 is 0 Å². The van der Waals surface area contributed by atoms with Crippen molar-refractivity contribution in [2.24, 2.45) is 0 Å². The largest absolute Gasteiger partial charge is 0.365 e. The number of pyridine rings is 1. The van der Waals surface area contributed by atoms with Gasteiger partial charge in [0, 0.05) is 23.4 Å². The van der Waals surface area contributed by atoms with E-state index in [4.69, 9.17) is 4.74 Å². The predicted molar refractivity (Wildman–Crippen MR) is 104 cm³/mol. The van der Waals surface area contributed by atoms with Crippen LogP contribution in [0.5, 0.6) is 0 Å². The van der Waals surface area contributed by atoms with Gasteiger partial charge in [0.1, 0.15) is 6.10 Å². The molecule has 1 amide bonds. The van der Waals surface area contributed by atoms with Gasteiger partial charge in [-0.05, 0) is 41.8 Å². The molecule has 0 saturated carbocycles. The van der Waals surface area contributed by atoms with Crippen LogP contribution >= 0.6 is 15.9 Å². The van der Waals surface area contributed by atoms with Gasteiger partial charge in [-0.1, -0.05) is 34.1 Å². The number of halogens is 1. The maximum absolute atomic E-state index is 12.4. The van der Waals surface area contributed by atoms with Gasteiger partial charge in [0.05, 0.1) is 18.8 Å². The van der Waals surface area contributed by atoms with E-state index in [1.807, 2.05) is 41.1 Å². The van der Waals surface area contributed by atoms with E-state index in [-0.39, 0.29) is 12.0 Å². The van der Waals surface area contributed by atoms with Crippen LogP contribution in [0.25, 0.3) is 0 Å². The molecule has 1 aliphatic rings. The van der Waals surface area contributed by atoms with Gasteiger partial charge in [0.15, 0.2) is 5.69 Å². The van der Waals surface area contributed by atoms with Gasteiger partial charge in [0.25, 0.3) is 5.91 Å². The maximum Gasteiger partial charge on any atom is 0.271 e. The summed E-state index contributed by atoms with van der Waals surface area (Å²) < 4.78 is 8.85. The number of aromatic nitrogens is 3. The number of hydrogen-bond acceptors (Lipinski definition) is 4. The number of hydrogen-bond donors (Lipinski definition) is 1. The van der Waals surface area contributed by atoms with E-state index in [2.05, 4.69) is 31.3 Å². The summed E-state index contributed by atoms with van der Waals surface area (Å²) in [6.45, 7) is 1.58. The fourth-order valence-corrected chi connectivity index (χ4v) is 3.34. The Morgan fingerprint density at radius 3 is 2.93 bits per heavy atom. The van der Waals surface area contributed by atoms with Crippen molar-refractivity contribution in [3.05, 3.63) is 81.8 Å². The van der Waals surface area contributed by atoms with Crippen molar-refractivity contribution in [3.8, 4) is 0 Å². The zero-order valence-corrected chi connectivity index (χ0v) is 16.2. The number of fused-ring (bicyclic) bond motifs is 1. The number of amides is 1. The molecule has 138 valence electrons. The highest BCUT2D eigenvalue weighted by atomic mass is 79.9. The molecule has 1 aromatic carbocycles. The summed E-state index contributed by atoms with van der Waals surface area (Å²) in [6.07, 6.45) is 4.22. The summed E-state index contributed by atoms with van der Waals surface area (Å²) in [6, 6.07) is 13.8. The first-order chi connectivity index (χ1) is 13.2. The Bertz CT molecular complexity index is 925. The van der Waals surface area contributed by atoms with E-state index in [0.29, 0.717) is 25.4 Å². The second-order valence-corrected chi connectivity index (χ2v) is 7.34. The molecule has 0 saturated heterocycles. The molecule has 6 nitrogen and oxygen atoms in total. The molecule has 0 unspecified atom stereocenters. The molecule has 4 rings (SSSR count). The maximum atomic E-state index is 12.4. The second-order valence-electron chi connectivity index (χ2n) is 6.42. The van der Waals surface area contributed by atoms with Crippen molar-refractivity contribution in [1.29, 1.82) is 0 Å². The van der Waals surface area contributed by atoms with Crippen LogP contribution in [0.2, 0.25) is 0 Å². The number of benzene rings is 1. The fourth-order valence-electron chi connectivity index (χ4n) is 3.07. The average molecular weight is 427 g/mol. The van der Waals surface area contributed by atoms with Gasteiger partial charge in [-0.3, -0.25) is 14.5 Å². The van der Waals surface area contributed by atoms with Gasteiger partial charge in [0.2, 0.25) is 0 Å². The van der Waals surface area contributed by atoms with Crippen LogP contribution in [0.15, 0.2) is 59.3 Å². The Hall–Kier alpha value is -2.51. The topological polar surface area (TPSA) is 69.0 Å². The van der Waals surface area contributed by atoms with E-state index < -0.39 is 0 Å². The number of ether oxygens (including phenoxy) is 1. The number of carbonyl (C=O) groups is 1. The smallest absolute Gasteiger partial charge is 0.271 e. The molecule has 0 aliphatic carbocycles. The third-order valence-corrected chi connectivity index (χ3v) is 5.06. The lowest BCUT2D eigenvalue weighted by Crippen LogP contribution is -2.26. The molecule has 3 aromatic rings. The first kappa shape index (κ1) is 17.9. The average Bonchev–Trinajstić information content (AvgIpc) is 3.13. The van der Waals surface area contributed by atoms with Crippen LogP contribution in [0.4, 0.5) is 0 Å². The van der Waals surface area contributed by atoms with E-state index in [1.165, 1.54) is 0 Å². The van der Waals surface area contributed by atoms with Crippen molar-refractivity contribution < 1.29 is 9.53 Å². The van der Waals surface area contributed by atoms with Crippen molar-refractivity contribution in [2.45, 2.75) is 25.7 Å². The van der Waals surface area contributed by atoms with Gasteiger partial charge < -0.3 is 10.1 Å². The minimum atomic E-state index is -0.166. The highest BCUT2D eigenvalue weighted by Gasteiger charge is 2.24. The normalized spacial score (nSPS) is 16.0. The first-order valence-corrected chi connectivity index (χ1v) is 9.59. The number of nitrogens with one attached hydrogen (secondary N) is 1. The van der Waals surface area contributed by atoms with E-state index in [9.17, 15) is 4.79 Å². The summed E-state index contributed by atoms with van der Waals surface area (Å²) in [4.78, 5) is 16.5. The van der Waals surface area contributed by atoms with Crippen LogP contribution in [0.1, 0.15) is 33.4 Å². The molecular formula is C20H19BrN4O2. The van der Waals surface area contributed by atoms with Crippen LogP contribution in [-0.4, -0.2) is 27.2 Å².